The molecule has 3 nitrogen and oxygen atoms in total. The Kier molecular flexibility index (Phi) is 7.91. The lowest BCUT2D eigenvalue weighted by molar-refractivity contribution is 1.18. The van der Waals surface area contributed by atoms with Crippen molar-refractivity contribution in [3.8, 4) is 50.3 Å². The van der Waals surface area contributed by atoms with Gasteiger partial charge in [0, 0.05) is 32.8 Å². The van der Waals surface area contributed by atoms with Gasteiger partial charge in [0.05, 0.1) is 34.0 Å². The molecule has 2 aromatic heterocycles. The number of aromatic nitrogens is 3. The zero-order valence-electron chi connectivity index (χ0n) is 34.2. The number of hydrogen-bond acceptors (Lipinski definition) is 2. The smallest absolute Gasteiger partial charge is 0.0979 e. The van der Waals surface area contributed by atoms with Crippen molar-refractivity contribution >= 4 is 75.9 Å². The third kappa shape index (κ3) is 5.53. The molecule has 3 heteroatoms. The summed E-state index contributed by atoms with van der Waals surface area (Å²) in [7, 11) is 0. The summed E-state index contributed by atoms with van der Waals surface area (Å²) in [5, 5.41) is 12.1. The van der Waals surface area contributed by atoms with Crippen molar-refractivity contribution in [2.45, 2.75) is 0 Å². The van der Waals surface area contributed by atoms with E-state index in [4.69, 9.17) is 9.97 Å². The standard InChI is InChI=1S/C60H37N3/c1-3-18-46-44(16-1)42(38-28-30-41(31-29-38)63-57-26-11-9-22-52(57)53-23-10-12-27-58(53)63)32-34-50(46)51-35-33-43(45-17-2-4-19-47(45)51)39-14-13-15-40(36-39)56-37-61-59-54-24-7-5-20-48(54)49-21-6-8-25-55(49)60(59)62-56/h1-37H. The molecule has 0 spiro atoms. The maximum absolute atomic E-state index is 5.31. The van der Waals surface area contributed by atoms with E-state index in [0.717, 1.165) is 44.3 Å². The Balaban J connectivity index is 0.890. The topological polar surface area (TPSA) is 30.7 Å². The molecule has 0 saturated carbocycles. The highest BCUT2D eigenvalue weighted by Crippen LogP contribution is 2.42. The monoisotopic (exact) mass is 799 g/mol. The quantitative estimate of drug-likeness (QED) is 0.162. The molecular weight excluding hydrogens is 763 g/mol. The van der Waals surface area contributed by atoms with Crippen LogP contribution < -0.4 is 0 Å². The molecule has 0 aliphatic heterocycles. The molecule has 63 heavy (non-hydrogen) atoms. The second-order valence-electron chi connectivity index (χ2n) is 16.5. The molecule has 0 radical (unpaired) electrons. The van der Waals surface area contributed by atoms with E-state index >= 15 is 0 Å². The molecule has 0 fully saturated rings. The summed E-state index contributed by atoms with van der Waals surface area (Å²) in [5.41, 5.74) is 14.5. The van der Waals surface area contributed by atoms with E-state index in [9.17, 15) is 0 Å². The minimum atomic E-state index is 0.860. The maximum atomic E-state index is 5.31. The lowest BCUT2D eigenvalue weighted by Crippen LogP contribution is -1.94. The molecule has 0 unspecified atom stereocenters. The fraction of sp³-hybridized carbons (Fsp3) is 0. The highest BCUT2D eigenvalue weighted by molar-refractivity contribution is 6.23. The number of benzene rings is 11. The summed E-state index contributed by atoms with van der Waals surface area (Å²) in [6, 6.07) is 79.1. The second kappa shape index (κ2) is 14.1. The van der Waals surface area contributed by atoms with Crippen LogP contribution in [0.2, 0.25) is 0 Å². The van der Waals surface area contributed by atoms with Crippen LogP contribution in [0.4, 0.5) is 0 Å². The summed E-state index contributed by atoms with van der Waals surface area (Å²) in [6.07, 6.45) is 1.93. The molecule has 2 heterocycles. The first-order valence-corrected chi connectivity index (χ1v) is 21.6. The van der Waals surface area contributed by atoms with Crippen LogP contribution >= 0.6 is 0 Å². The molecule has 0 atom stereocenters. The number of rotatable bonds is 5. The van der Waals surface area contributed by atoms with E-state index in [-0.39, 0.29) is 0 Å². The van der Waals surface area contributed by atoms with Crippen molar-refractivity contribution in [2.24, 2.45) is 0 Å². The van der Waals surface area contributed by atoms with E-state index in [0.29, 0.717) is 0 Å². The zero-order valence-corrected chi connectivity index (χ0v) is 34.2. The first-order chi connectivity index (χ1) is 31.3. The predicted molar refractivity (Wildman–Crippen MR) is 266 cm³/mol. The van der Waals surface area contributed by atoms with Gasteiger partial charge in [0.1, 0.15) is 0 Å². The molecule has 0 saturated heterocycles. The van der Waals surface area contributed by atoms with Gasteiger partial charge in [-0.15, -0.1) is 0 Å². The van der Waals surface area contributed by atoms with Gasteiger partial charge in [-0.1, -0.05) is 188 Å². The Bertz CT molecular complexity index is 3880. The minimum Gasteiger partial charge on any atom is -0.309 e. The van der Waals surface area contributed by atoms with Crippen molar-refractivity contribution in [3.05, 3.63) is 225 Å². The van der Waals surface area contributed by atoms with Crippen LogP contribution in [0, 0.1) is 0 Å². The zero-order chi connectivity index (χ0) is 41.4. The summed E-state index contributed by atoms with van der Waals surface area (Å²) in [5.74, 6) is 0. The van der Waals surface area contributed by atoms with Crippen LogP contribution in [0.1, 0.15) is 0 Å². The van der Waals surface area contributed by atoms with Gasteiger partial charge in [-0.25, -0.2) is 4.98 Å². The van der Waals surface area contributed by atoms with E-state index in [2.05, 4.69) is 223 Å². The molecule has 292 valence electrons. The van der Waals surface area contributed by atoms with Gasteiger partial charge in [0.15, 0.2) is 0 Å². The Morgan fingerprint density at radius 1 is 0.286 bits per heavy atom. The average Bonchev–Trinajstić information content (AvgIpc) is 3.70. The molecule has 0 aliphatic carbocycles. The van der Waals surface area contributed by atoms with Crippen LogP contribution in [0.25, 0.3) is 126 Å². The van der Waals surface area contributed by atoms with E-state index in [1.54, 1.807) is 0 Å². The Labute approximate surface area is 363 Å². The van der Waals surface area contributed by atoms with E-state index < -0.39 is 0 Å². The summed E-state index contributed by atoms with van der Waals surface area (Å²) >= 11 is 0. The van der Waals surface area contributed by atoms with Crippen molar-refractivity contribution in [1.29, 1.82) is 0 Å². The van der Waals surface area contributed by atoms with Crippen LogP contribution in [-0.2, 0) is 0 Å². The third-order valence-electron chi connectivity index (χ3n) is 13.1. The number of fused-ring (bicyclic) bond motifs is 11. The van der Waals surface area contributed by atoms with Gasteiger partial charge >= 0.3 is 0 Å². The molecule has 0 bridgehead atoms. The number of hydrogen-bond donors (Lipinski definition) is 0. The van der Waals surface area contributed by atoms with Gasteiger partial charge in [0.25, 0.3) is 0 Å². The van der Waals surface area contributed by atoms with Gasteiger partial charge in [-0.2, -0.15) is 0 Å². The molecule has 13 aromatic rings. The second-order valence-corrected chi connectivity index (χ2v) is 16.5. The highest BCUT2D eigenvalue weighted by atomic mass is 15.0. The van der Waals surface area contributed by atoms with E-state index in [1.165, 1.54) is 81.9 Å². The molecule has 0 aliphatic rings. The summed E-state index contributed by atoms with van der Waals surface area (Å²) in [4.78, 5) is 10.4. The highest BCUT2D eigenvalue weighted by Gasteiger charge is 2.17. The normalized spacial score (nSPS) is 11.8. The van der Waals surface area contributed by atoms with Crippen LogP contribution in [0.3, 0.4) is 0 Å². The molecule has 0 amide bonds. The minimum absolute atomic E-state index is 0.860. The van der Waals surface area contributed by atoms with Gasteiger partial charge in [0.2, 0.25) is 0 Å². The fourth-order valence-corrected chi connectivity index (χ4v) is 10.2. The first-order valence-electron chi connectivity index (χ1n) is 21.6. The van der Waals surface area contributed by atoms with Crippen molar-refractivity contribution in [3.63, 3.8) is 0 Å². The number of para-hydroxylation sites is 2. The van der Waals surface area contributed by atoms with Crippen LogP contribution in [0.15, 0.2) is 225 Å². The largest absolute Gasteiger partial charge is 0.309 e. The van der Waals surface area contributed by atoms with E-state index in [1.807, 2.05) is 6.20 Å². The Hall–Kier alpha value is -8.40. The first kappa shape index (κ1) is 35.4. The molecule has 13 rings (SSSR count). The van der Waals surface area contributed by atoms with Gasteiger partial charge < -0.3 is 4.57 Å². The number of nitrogens with zero attached hydrogens (tertiary/aromatic N) is 3. The maximum Gasteiger partial charge on any atom is 0.0979 e. The molecule has 11 aromatic carbocycles. The molecular formula is C60H37N3. The summed E-state index contributed by atoms with van der Waals surface area (Å²) in [6.45, 7) is 0. The Morgan fingerprint density at radius 2 is 0.714 bits per heavy atom. The van der Waals surface area contributed by atoms with Gasteiger partial charge in [-0.05, 0) is 96.0 Å². The lowest BCUT2D eigenvalue weighted by atomic mass is 9.88. The van der Waals surface area contributed by atoms with Gasteiger partial charge in [-0.3, -0.25) is 4.98 Å². The molecule has 0 N–H and O–H groups in total. The average molecular weight is 800 g/mol. The Morgan fingerprint density at radius 3 is 1.29 bits per heavy atom. The SMILES string of the molecule is c1cc(-c2cnc3c4ccccc4c4ccccc4c3n2)cc(-c2ccc(-c3ccc(-c4ccc(-n5c6ccccc6c6ccccc65)cc4)c4ccccc34)c3ccccc23)c1. The van der Waals surface area contributed by atoms with Crippen molar-refractivity contribution < 1.29 is 0 Å². The van der Waals surface area contributed by atoms with Crippen LogP contribution in [-0.4, -0.2) is 14.5 Å². The van der Waals surface area contributed by atoms with Crippen molar-refractivity contribution in [2.75, 3.05) is 0 Å². The predicted octanol–water partition coefficient (Wildman–Crippen LogP) is 16.0. The van der Waals surface area contributed by atoms with Crippen LogP contribution in [0.5, 0.6) is 0 Å². The third-order valence-corrected chi connectivity index (χ3v) is 13.1. The van der Waals surface area contributed by atoms with Crippen molar-refractivity contribution in [1.82, 2.24) is 14.5 Å². The summed E-state index contributed by atoms with van der Waals surface area (Å²) < 4.78 is 2.38. The fourth-order valence-electron chi connectivity index (χ4n) is 10.2. The lowest BCUT2D eigenvalue weighted by Gasteiger charge is -2.16.